The molecule has 1 aliphatic carbocycles. The van der Waals surface area contributed by atoms with E-state index in [4.69, 9.17) is 9.47 Å². The smallest absolute Gasteiger partial charge is 0.213 e. The lowest BCUT2D eigenvalue weighted by molar-refractivity contribution is 0.143. The molecule has 1 aromatic heterocycles. The van der Waals surface area contributed by atoms with Crippen LogP contribution in [0.15, 0.2) is 36.5 Å². The second-order valence-electron chi connectivity index (χ2n) is 6.02. The van der Waals surface area contributed by atoms with Gasteiger partial charge in [-0.25, -0.2) is 4.98 Å². The summed E-state index contributed by atoms with van der Waals surface area (Å²) in [4.78, 5) is 4.34. The molecular weight excluding hydrogens is 288 g/mol. The van der Waals surface area contributed by atoms with Gasteiger partial charge in [-0.1, -0.05) is 29.8 Å². The van der Waals surface area contributed by atoms with E-state index in [1.807, 2.05) is 12.3 Å². The number of benzene rings is 1. The van der Waals surface area contributed by atoms with E-state index in [0.717, 1.165) is 13.0 Å². The van der Waals surface area contributed by atoms with E-state index in [1.54, 1.807) is 7.11 Å². The van der Waals surface area contributed by atoms with Gasteiger partial charge in [0.05, 0.1) is 6.61 Å². The van der Waals surface area contributed by atoms with Crippen molar-refractivity contribution in [2.45, 2.75) is 32.4 Å². The molecule has 1 aromatic carbocycles. The van der Waals surface area contributed by atoms with E-state index < -0.39 is 0 Å². The standard InChI is InChI=1S/C19H24N2O2/c1-14-3-5-16-6-7-18(17(16)11-14)20-12-15-4-8-19(21-13-15)23-10-9-22-2/h3-5,8,11,13,18,20H,6-7,9-10,12H2,1-2H3/t18-/m1/s1. The number of rotatable bonds is 7. The first-order valence-electron chi connectivity index (χ1n) is 8.16. The Bertz CT molecular complexity index is 640. The maximum absolute atomic E-state index is 5.48. The Labute approximate surface area is 137 Å². The first-order chi connectivity index (χ1) is 11.3. The van der Waals surface area contributed by atoms with Crippen LogP contribution in [-0.2, 0) is 17.7 Å². The lowest BCUT2D eigenvalue weighted by atomic mass is 10.0. The summed E-state index contributed by atoms with van der Waals surface area (Å²) in [7, 11) is 1.66. The molecule has 4 nitrogen and oxygen atoms in total. The third-order valence-electron chi connectivity index (χ3n) is 4.27. The van der Waals surface area contributed by atoms with Crippen molar-refractivity contribution in [3.05, 3.63) is 58.8 Å². The van der Waals surface area contributed by atoms with Crippen molar-refractivity contribution < 1.29 is 9.47 Å². The van der Waals surface area contributed by atoms with Crippen LogP contribution in [0.3, 0.4) is 0 Å². The molecule has 0 amide bonds. The highest BCUT2D eigenvalue weighted by Crippen LogP contribution is 2.31. The van der Waals surface area contributed by atoms with Crippen LogP contribution in [0.4, 0.5) is 0 Å². The number of fused-ring (bicyclic) bond motifs is 1. The number of ether oxygens (including phenoxy) is 2. The molecule has 1 N–H and O–H groups in total. The molecule has 2 aromatic rings. The van der Waals surface area contributed by atoms with Crippen molar-refractivity contribution in [3.8, 4) is 5.88 Å². The van der Waals surface area contributed by atoms with Gasteiger partial charge in [-0.15, -0.1) is 0 Å². The van der Waals surface area contributed by atoms with Crippen molar-refractivity contribution in [2.24, 2.45) is 0 Å². The first-order valence-corrected chi connectivity index (χ1v) is 8.16. The highest BCUT2D eigenvalue weighted by molar-refractivity contribution is 5.37. The van der Waals surface area contributed by atoms with Crippen LogP contribution in [0.2, 0.25) is 0 Å². The van der Waals surface area contributed by atoms with E-state index >= 15 is 0 Å². The van der Waals surface area contributed by atoms with Gasteiger partial charge >= 0.3 is 0 Å². The Balaban J connectivity index is 1.54. The van der Waals surface area contributed by atoms with Gasteiger partial charge in [0.25, 0.3) is 0 Å². The summed E-state index contributed by atoms with van der Waals surface area (Å²) in [5, 5.41) is 3.65. The lowest BCUT2D eigenvalue weighted by Crippen LogP contribution is -2.18. The highest BCUT2D eigenvalue weighted by Gasteiger charge is 2.21. The maximum atomic E-state index is 5.48. The summed E-state index contributed by atoms with van der Waals surface area (Å²) in [5.41, 5.74) is 5.44. The zero-order valence-corrected chi connectivity index (χ0v) is 13.8. The molecule has 0 aliphatic heterocycles. The summed E-state index contributed by atoms with van der Waals surface area (Å²) < 4.78 is 10.4. The van der Waals surface area contributed by atoms with E-state index in [-0.39, 0.29) is 0 Å². The summed E-state index contributed by atoms with van der Waals surface area (Å²) >= 11 is 0. The number of hydrogen-bond donors (Lipinski definition) is 1. The van der Waals surface area contributed by atoms with Gasteiger partial charge in [-0.3, -0.25) is 0 Å². The fourth-order valence-electron chi connectivity index (χ4n) is 3.01. The molecule has 0 fully saturated rings. The molecule has 0 radical (unpaired) electrons. The molecule has 0 saturated heterocycles. The number of aryl methyl sites for hydroxylation is 2. The third kappa shape index (κ3) is 4.09. The molecule has 0 spiro atoms. The largest absolute Gasteiger partial charge is 0.475 e. The number of pyridine rings is 1. The molecule has 0 unspecified atom stereocenters. The summed E-state index contributed by atoms with van der Waals surface area (Å²) in [5.74, 6) is 0.646. The van der Waals surface area contributed by atoms with Gasteiger partial charge < -0.3 is 14.8 Å². The minimum atomic E-state index is 0.447. The second-order valence-corrected chi connectivity index (χ2v) is 6.02. The van der Waals surface area contributed by atoms with Gasteiger partial charge in [0.15, 0.2) is 0 Å². The minimum absolute atomic E-state index is 0.447. The van der Waals surface area contributed by atoms with Crippen molar-refractivity contribution in [2.75, 3.05) is 20.3 Å². The molecule has 23 heavy (non-hydrogen) atoms. The molecule has 1 heterocycles. The van der Waals surface area contributed by atoms with Crippen molar-refractivity contribution >= 4 is 0 Å². The first kappa shape index (κ1) is 16.0. The molecular formula is C19H24N2O2. The number of methoxy groups -OCH3 is 1. The highest BCUT2D eigenvalue weighted by atomic mass is 16.5. The van der Waals surface area contributed by atoms with Crippen molar-refractivity contribution in [3.63, 3.8) is 0 Å². The van der Waals surface area contributed by atoms with Crippen LogP contribution in [0.5, 0.6) is 5.88 Å². The van der Waals surface area contributed by atoms with Gasteiger partial charge in [0, 0.05) is 32.0 Å². The predicted molar refractivity (Wildman–Crippen MR) is 90.7 cm³/mol. The van der Waals surface area contributed by atoms with E-state index in [0.29, 0.717) is 25.1 Å². The monoisotopic (exact) mass is 312 g/mol. The topological polar surface area (TPSA) is 43.4 Å². The Kier molecular flexibility index (Phi) is 5.26. The number of nitrogens with zero attached hydrogens (tertiary/aromatic N) is 1. The fourth-order valence-corrected chi connectivity index (χ4v) is 3.01. The molecule has 0 saturated carbocycles. The Hall–Kier alpha value is -1.91. The molecule has 1 atom stereocenters. The fraction of sp³-hybridized carbons (Fsp3) is 0.421. The normalized spacial score (nSPS) is 16.3. The lowest BCUT2D eigenvalue weighted by Gasteiger charge is -2.14. The van der Waals surface area contributed by atoms with Gasteiger partial charge in [0.2, 0.25) is 5.88 Å². The average Bonchev–Trinajstić information content (AvgIpc) is 2.96. The average molecular weight is 312 g/mol. The van der Waals surface area contributed by atoms with Gasteiger partial charge in [-0.2, -0.15) is 0 Å². The number of nitrogens with one attached hydrogen (secondary N) is 1. The van der Waals surface area contributed by atoms with E-state index in [1.165, 1.54) is 28.7 Å². The number of hydrogen-bond acceptors (Lipinski definition) is 4. The molecule has 1 aliphatic rings. The zero-order chi connectivity index (χ0) is 16.1. The van der Waals surface area contributed by atoms with Crippen LogP contribution in [0.25, 0.3) is 0 Å². The Morgan fingerprint density at radius 3 is 2.91 bits per heavy atom. The predicted octanol–water partition coefficient (Wildman–Crippen LogP) is 3.19. The summed E-state index contributed by atoms with van der Waals surface area (Å²) in [6, 6.07) is 11.2. The minimum Gasteiger partial charge on any atom is -0.475 e. The molecule has 122 valence electrons. The molecule has 4 heteroatoms. The van der Waals surface area contributed by atoms with Gasteiger partial charge in [-0.05, 0) is 36.5 Å². The van der Waals surface area contributed by atoms with E-state index in [2.05, 4.69) is 41.5 Å². The SMILES string of the molecule is COCCOc1ccc(CN[C@@H]2CCc3ccc(C)cc32)cn1. The van der Waals surface area contributed by atoms with Crippen molar-refractivity contribution in [1.29, 1.82) is 0 Å². The Morgan fingerprint density at radius 2 is 2.13 bits per heavy atom. The van der Waals surface area contributed by atoms with Gasteiger partial charge in [0.1, 0.15) is 6.61 Å². The maximum Gasteiger partial charge on any atom is 0.213 e. The van der Waals surface area contributed by atoms with Crippen LogP contribution in [-0.4, -0.2) is 25.3 Å². The van der Waals surface area contributed by atoms with Crippen molar-refractivity contribution in [1.82, 2.24) is 10.3 Å². The van der Waals surface area contributed by atoms with Crippen LogP contribution in [0, 0.1) is 6.92 Å². The Morgan fingerprint density at radius 1 is 1.22 bits per heavy atom. The van der Waals surface area contributed by atoms with Crippen LogP contribution >= 0.6 is 0 Å². The summed E-state index contributed by atoms with van der Waals surface area (Å²) in [6.07, 6.45) is 4.21. The number of aromatic nitrogens is 1. The van der Waals surface area contributed by atoms with E-state index in [9.17, 15) is 0 Å². The third-order valence-corrected chi connectivity index (χ3v) is 4.27. The van der Waals surface area contributed by atoms with Crippen LogP contribution < -0.4 is 10.1 Å². The zero-order valence-electron chi connectivity index (χ0n) is 13.8. The molecule has 0 bridgehead atoms. The second kappa shape index (κ2) is 7.57. The van der Waals surface area contributed by atoms with Crippen LogP contribution in [0.1, 0.15) is 34.7 Å². The molecule has 3 rings (SSSR count). The summed E-state index contributed by atoms with van der Waals surface area (Å²) in [6.45, 7) is 4.08. The quantitative estimate of drug-likeness (QED) is 0.797.